The Hall–Kier alpha value is -1.98. The molecule has 1 atom stereocenters. The summed E-state index contributed by atoms with van der Waals surface area (Å²) in [6, 6.07) is 1.43. The van der Waals surface area contributed by atoms with Crippen molar-refractivity contribution in [3.8, 4) is 0 Å². The number of methoxy groups -OCH3 is 1. The number of hydrogen-bond acceptors (Lipinski definition) is 3. The molecule has 92 valence electrons. The fraction of sp³-hybridized carbons (Fsp3) is 0.273. The molecule has 1 amide bonds. The van der Waals surface area contributed by atoms with Crippen LogP contribution in [-0.4, -0.2) is 19.0 Å². The topological polar surface area (TPSA) is 55.4 Å². The molecule has 0 aliphatic carbocycles. The van der Waals surface area contributed by atoms with Gasteiger partial charge >= 0.3 is 5.97 Å². The zero-order valence-electron chi connectivity index (χ0n) is 9.29. The number of halogens is 2. The molecule has 0 aliphatic rings. The summed E-state index contributed by atoms with van der Waals surface area (Å²) in [5, 5.41) is 2.23. The Morgan fingerprint density at radius 3 is 2.47 bits per heavy atom. The maximum atomic E-state index is 13.4. The molecule has 0 bridgehead atoms. The summed E-state index contributed by atoms with van der Waals surface area (Å²) < 4.78 is 30.6. The van der Waals surface area contributed by atoms with E-state index in [0.717, 1.165) is 19.2 Å². The van der Waals surface area contributed by atoms with Gasteiger partial charge in [0.25, 0.3) is 0 Å². The summed E-state index contributed by atoms with van der Waals surface area (Å²) in [6.07, 6.45) is 0. The quantitative estimate of drug-likeness (QED) is 0.814. The Bertz CT molecular complexity index is 448. The van der Waals surface area contributed by atoms with Crippen LogP contribution in [0.5, 0.6) is 0 Å². The second-order valence-corrected chi connectivity index (χ2v) is 3.32. The van der Waals surface area contributed by atoms with E-state index in [1.165, 1.54) is 6.92 Å². The van der Waals surface area contributed by atoms with Crippen LogP contribution in [0.15, 0.2) is 18.2 Å². The van der Waals surface area contributed by atoms with E-state index in [0.29, 0.717) is 6.07 Å². The summed E-state index contributed by atoms with van der Waals surface area (Å²) in [5.74, 6) is -3.04. The van der Waals surface area contributed by atoms with Crippen LogP contribution in [0, 0.1) is 11.6 Å². The highest BCUT2D eigenvalue weighted by molar-refractivity contribution is 5.84. The van der Waals surface area contributed by atoms with Crippen molar-refractivity contribution in [2.24, 2.45) is 0 Å². The highest BCUT2D eigenvalue weighted by Gasteiger charge is 2.25. The van der Waals surface area contributed by atoms with Crippen molar-refractivity contribution in [3.05, 3.63) is 35.4 Å². The van der Waals surface area contributed by atoms with Gasteiger partial charge in [-0.05, 0) is 6.07 Å². The molecule has 17 heavy (non-hydrogen) atoms. The van der Waals surface area contributed by atoms with Crippen molar-refractivity contribution < 1.29 is 23.1 Å². The summed E-state index contributed by atoms with van der Waals surface area (Å²) in [4.78, 5) is 22.3. The molecular weight excluding hydrogens is 232 g/mol. The van der Waals surface area contributed by atoms with Gasteiger partial charge in [-0.2, -0.15) is 0 Å². The number of amides is 1. The fourth-order valence-corrected chi connectivity index (χ4v) is 1.32. The van der Waals surface area contributed by atoms with Gasteiger partial charge in [-0.3, -0.25) is 4.79 Å². The predicted molar refractivity (Wildman–Crippen MR) is 54.9 cm³/mol. The summed E-state index contributed by atoms with van der Waals surface area (Å²) in [5.41, 5.74) is -0.145. The van der Waals surface area contributed by atoms with Crippen molar-refractivity contribution in [1.29, 1.82) is 0 Å². The Balaban J connectivity index is 3.12. The van der Waals surface area contributed by atoms with Crippen LogP contribution in [0.1, 0.15) is 18.5 Å². The Morgan fingerprint density at radius 2 is 2.00 bits per heavy atom. The van der Waals surface area contributed by atoms with E-state index in [-0.39, 0.29) is 5.56 Å². The molecule has 0 aliphatic heterocycles. The van der Waals surface area contributed by atoms with Crippen LogP contribution in [0.3, 0.4) is 0 Å². The second kappa shape index (κ2) is 5.38. The molecule has 0 aromatic heterocycles. The smallest absolute Gasteiger partial charge is 0.333 e. The maximum absolute atomic E-state index is 13.4. The van der Waals surface area contributed by atoms with Crippen molar-refractivity contribution in [1.82, 2.24) is 5.32 Å². The first-order valence-electron chi connectivity index (χ1n) is 4.75. The number of ether oxygens (including phenoxy) is 1. The normalized spacial score (nSPS) is 11.8. The lowest BCUT2D eigenvalue weighted by Gasteiger charge is -2.16. The third kappa shape index (κ3) is 3.24. The van der Waals surface area contributed by atoms with E-state index in [1.54, 1.807) is 0 Å². The summed E-state index contributed by atoms with van der Waals surface area (Å²) in [6.45, 7) is 1.18. The lowest BCUT2D eigenvalue weighted by Crippen LogP contribution is -2.33. The number of nitrogens with one attached hydrogen (secondary N) is 1. The van der Waals surface area contributed by atoms with Crippen molar-refractivity contribution in [2.75, 3.05) is 7.11 Å². The van der Waals surface area contributed by atoms with Gasteiger partial charge in [-0.25, -0.2) is 13.6 Å². The molecule has 1 unspecified atom stereocenters. The third-order valence-corrected chi connectivity index (χ3v) is 2.06. The minimum absolute atomic E-state index is 0.145. The van der Waals surface area contributed by atoms with Gasteiger partial charge in [0.05, 0.1) is 7.11 Å². The van der Waals surface area contributed by atoms with Crippen LogP contribution in [0.4, 0.5) is 8.78 Å². The fourth-order valence-electron chi connectivity index (χ4n) is 1.32. The Labute approximate surface area is 96.6 Å². The van der Waals surface area contributed by atoms with Crippen LogP contribution < -0.4 is 5.32 Å². The number of benzene rings is 1. The van der Waals surface area contributed by atoms with Crippen LogP contribution in [-0.2, 0) is 14.3 Å². The van der Waals surface area contributed by atoms with E-state index in [4.69, 9.17) is 0 Å². The van der Waals surface area contributed by atoms with Gasteiger partial charge in [0, 0.05) is 18.6 Å². The van der Waals surface area contributed by atoms with Crippen LogP contribution in [0.2, 0.25) is 0 Å². The van der Waals surface area contributed by atoms with Gasteiger partial charge in [0.2, 0.25) is 5.91 Å². The number of rotatable bonds is 3. The Kier molecular flexibility index (Phi) is 4.14. The monoisotopic (exact) mass is 243 g/mol. The first-order chi connectivity index (χ1) is 7.95. The molecule has 0 radical (unpaired) electrons. The van der Waals surface area contributed by atoms with E-state index in [2.05, 4.69) is 10.1 Å². The molecule has 0 saturated carbocycles. The number of esters is 1. The SMILES string of the molecule is COC(=O)C(NC(C)=O)c1ccc(F)cc1F. The van der Waals surface area contributed by atoms with E-state index in [1.807, 2.05) is 0 Å². The first kappa shape index (κ1) is 13.1. The minimum atomic E-state index is -1.28. The zero-order chi connectivity index (χ0) is 13.0. The minimum Gasteiger partial charge on any atom is -0.467 e. The summed E-state index contributed by atoms with van der Waals surface area (Å²) in [7, 11) is 1.11. The molecule has 1 rings (SSSR count). The molecule has 0 fully saturated rings. The molecule has 1 N–H and O–H groups in total. The highest BCUT2D eigenvalue weighted by Crippen LogP contribution is 2.19. The van der Waals surface area contributed by atoms with E-state index < -0.39 is 29.6 Å². The molecule has 0 spiro atoms. The number of hydrogen-bond donors (Lipinski definition) is 1. The molecule has 1 aromatic rings. The van der Waals surface area contributed by atoms with Gasteiger partial charge < -0.3 is 10.1 Å². The molecule has 1 aromatic carbocycles. The maximum Gasteiger partial charge on any atom is 0.333 e. The van der Waals surface area contributed by atoms with Crippen molar-refractivity contribution in [2.45, 2.75) is 13.0 Å². The van der Waals surface area contributed by atoms with Crippen LogP contribution in [0.25, 0.3) is 0 Å². The third-order valence-electron chi connectivity index (χ3n) is 2.06. The standard InChI is InChI=1S/C11H11F2NO3/c1-6(15)14-10(11(16)17-2)8-4-3-7(12)5-9(8)13/h3-5,10H,1-2H3,(H,14,15). The van der Waals surface area contributed by atoms with E-state index >= 15 is 0 Å². The van der Waals surface area contributed by atoms with Gasteiger partial charge in [-0.15, -0.1) is 0 Å². The molecule has 0 saturated heterocycles. The largest absolute Gasteiger partial charge is 0.467 e. The number of carbonyl (C=O) groups is 2. The Morgan fingerprint density at radius 1 is 1.35 bits per heavy atom. The first-order valence-corrected chi connectivity index (χ1v) is 4.75. The average Bonchev–Trinajstić information content (AvgIpc) is 2.25. The molecule has 4 nitrogen and oxygen atoms in total. The van der Waals surface area contributed by atoms with E-state index in [9.17, 15) is 18.4 Å². The predicted octanol–water partition coefficient (Wildman–Crippen LogP) is 1.31. The molecule has 6 heteroatoms. The highest BCUT2D eigenvalue weighted by atomic mass is 19.1. The molecular formula is C11H11F2NO3. The van der Waals surface area contributed by atoms with Gasteiger partial charge in [-0.1, -0.05) is 6.07 Å². The van der Waals surface area contributed by atoms with Gasteiger partial charge in [0.1, 0.15) is 11.6 Å². The van der Waals surface area contributed by atoms with Crippen LogP contribution >= 0.6 is 0 Å². The zero-order valence-corrected chi connectivity index (χ0v) is 9.29. The lowest BCUT2D eigenvalue weighted by molar-refractivity contribution is -0.145. The van der Waals surface area contributed by atoms with Gasteiger partial charge in [0.15, 0.2) is 6.04 Å². The number of carbonyl (C=O) groups excluding carboxylic acids is 2. The lowest BCUT2D eigenvalue weighted by atomic mass is 10.1. The second-order valence-electron chi connectivity index (χ2n) is 3.32. The average molecular weight is 243 g/mol. The molecule has 0 heterocycles. The van der Waals surface area contributed by atoms with Crippen molar-refractivity contribution >= 4 is 11.9 Å². The van der Waals surface area contributed by atoms with Crippen molar-refractivity contribution in [3.63, 3.8) is 0 Å². The summed E-state index contributed by atoms with van der Waals surface area (Å²) >= 11 is 0.